The molecule has 2 aromatic rings. The van der Waals surface area contributed by atoms with Crippen molar-refractivity contribution in [3.8, 4) is 0 Å². The maximum Gasteiger partial charge on any atom is 0.232 e. The minimum atomic E-state index is -0.532. The Hall–Kier alpha value is -2.43. The van der Waals surface area contributed by atoms with Crippen molar-refractivity contribution in [3.05, 3.63) is 54.0 Å². The number of amides is 1. The number of pyridine rings is 1. The fourth-order valence-electron chi connectivity index (χ4n) is 2.53. The molecule has 0 spiro atoms. The highest BCUT2D eigenvalue weighted by Gasteiger charge is 2.28. The molecule has 1 aromatic heterocycles. The van der Waals surface area contributed by atoms with Gasteiger partial charge >= 0.3 is 0 Å². The van der Waals surface area contributed by atoms with Crippen molar-refractivity contribution in [2.45, 2.75) is 46.2 Å². The molecule has 0 radical (unpaired) electrons. The van der Waals surface area contributed by atoms with Crippen LogP contribution < -0.4 is 10.2 Å². The largest absolute Gasteiger partial charge is 0.367 e. The lowest BCUT2D eigenvalue weighted by Gasteiger charge is -2.29. The van der Waals surface area contributed by atoms with Crippen LogP contribution in [0.15, 0.2) is 42.6 Å². The van der Waals surface area contributed by atoms with Crippen molar-refractivity contribution in [2.24, 2.45) is 5.41 Å². The second-order valence-electron chi connectivity index (χ2n) is 7.59. The number of benzene rings is 1. The van der Waals surface area contributed by atoms with E-state index in [1.165, 1.54) is 25.0 Å². The number of carbonyl (C=O) groups excluding carboxylic acids is 1. The van der Waals surface area contributed by atoms with Crippen LogP contribution in [0, 0.1) is 11.2 Å². The van der Waals surface area contributed by atoms with Gasteiger partial charge in [-0.05, 0) is 48.7 Å². The predicted molar refractivity (Wildman–Crippen MR) is 97.9 cm³/mol. The third-order valence-corrected chi connectivity index (χ3v) is 4.12. The van der Waals surface area contributed by atoms with E-state index in [9.17, 15) is 9.18 Å². The van der Waals surface area contributed by atoms with E-state index in [2.05, 4.69) is 10.3 Å². The Morgan fingerprint density at radius 2 is 1.88 bits per heavy atom. The summed E-state index contributed by atoms with van der Waals surface area (Å²) in [5.74, 6) is 0.532. The van der Waals surface area contributed by atoms with Gasteiger partial charge in [0, 0.05) is 23.3 Å². The van der Waals surface area contributed by atoms with Gasteiger partial charge in [-0.2, -0.15) is 0 Å². The van der Waals surface area contributed by atoms with Gasteiger partial charge in [0.15, 0.2) is 0 Å². The monoisotopic (exact) mass is 341 g/mol. The van der Waals surface area contributed by atoms with Crippen LogP contribution in [0.25, 0.3) is 0 Å². The summed E-state index contributed by atoms with van der Waals surface area (Å²) in [6, 6.07) is 10.5. The molecule has 0 atom stereocenters. The topological polar surface area (TPSA) is 45.2 Å². The molecule has 3 rings (SSSR count). The van der Waals surface area contributed by atoms with Gasteiger partial charge in [0.2, 0.25) is 5.91 Å². The molecule has 1 heterocycles. The van der Waals surface area contributed by atoms with Gasteiger partial charge in [-0.15, -0.1) is 0 Å². The number of nitrogens with one attached hydrogen (secondary N) is 1. The molecule has 0 aliphatic heterocycles. The number of nitrogens with zero attached hydrogens (tertiary/aromatic N) is 2. The Labute approximate surface area is 148 Å². The van der Waals surface area contributed by atoms with Gasteiger partial charge in [-0.1, -0.05) is 26.8 Å². The molecule has 5 heteroatoms. The Kier molecular flexibility index (Phi) is 4.75. The van der Waals surface area contributed by atoms with Crippen molar-refractivity contribution in [3.63, 3.8) is 0 Å². The molecule has 1 N–H and O–H groups in total. The van der Waals surface area contributed by atoms with Crippen LogP contribution in [0.5, 0.6) is 0 Å². The molecule has 25 heavy (non-hydrogen) atoms. The average Bonchev–Trinajstić information content (AvgIpc) is 3.38. The fraction of sp³-hybridized carbons (Fsp3) is 0.400. The summed E-state index contributed by atoms with van der Waals surface area (Å²) in [4.78, 5) is 19.0. The minimum Gasteiger partial charge on any atom is -0.367 e. The van der Waals surface area contributed by atoms with E-state index in [1.54, 1.807) is 23.2 Å². The number of anilines is 2. The van der Waals surface area contributed by atoms with E-state index in [0.717, 1.165) is 11.4 Å². The molecule has 1 aliphatic rings. The molecule has 1 amide bonds. The van der Waals surface area contributed by atoms with Gasteiger partial charge in [0.05, 0.1) is 6.54 Å². The first-order chi connectivity index (χ1) is 11.8. The van der Waals surface area contributed by atoms with Crippen LogP contribution in [0.3, 0.4) is 0 Å². The van der Waals surface area contributed by atoms with Gasteiger partial charge in [0.1, 0.15) is 11.6 Å². The zero-order chi connectivity index (χ0) is 18.0. The van der Waals surface area contributed by atoms with E-state index in [1.807, 2.05) is 32.9 Å². The summed E-state index contributed by atoms with van der Waals surface area (Å²) in [5, 5.41) is 3.35. The van der Waals surface area contributed by atoms with Gasteiger partial charge in [-0.3, -0.25) is 4.79 Å². The highest BCUT2D eigenvalue weighted by Crippen LogP contribution is 2.26. The zero-order valence-corrected chi connectivity index (χ0v) is 14.9. The van der Waals surface area contributed by atoms with Crippen molar-refractivity contribution in [2.75, 3.05) is 10.2 Å². The van der Waals surface area contributed by atoms with E-state index >= 15 is 0 Å². The van der Waals surface area contributed by atoms with E-state index < -0.39 is 5.41 Å². The average molecular weight is 341 g/mol. The quantitative estimate of drug-likeness (QED) is 0.878. The molecule has 0 bridgehead atoms. The molecule has 0 unspecified atom stereocenters. The summed E-state index contributed by atoms with van der Waals surface area (Å²) in [6.45, 7) is 6.05. The fourth-order valence-corrected chi connectivity index (χ4v) is 2.53. The minimum absolute atomic E-state index is 0.0145. The smallest absolute Gasteiger partial charge is 0.232 e. The van der Waals surface area contributed by atoms with E-state index in [0.29, 0.717) is 18.3 Å². The lowest BCUT2D eigenvalue weighted by atomic mass is 9.94. The van der Waals surface area contributed by atoms with E-state index in [4.69, 9.17) is 0 Å². The summed E-state index contributed by atoms with van der Waals surface area (Å²) in [6.07, 6.45) is 4.18. The van der Waals surface area contributed by atoms with Crippen LogP contribution in [0.1, 0.15) is 39.2 Å². The highest BCUT2D eigenvalue weighted by atomic mass is 19.1. The molecule has 0 saturated heterocycles. The lowest BCUT2D eigenvalue weighted by molar-refractivity contribution is -0.125. The molecular weight excluding hydrogens is 317 g/mol. The zero-order valence-electron chi connectivity index (χ0n) is 14.9. The van der Waals surface area contributed by atoms with Gasteiger partial charge < -0.3 is 10.2 Å². The maximum atomic E-state index is 13.2. The van der Waals surface area contributed by atoms with Crippen LogP contribution in [-0.4, -0.2) is 16.9 Å². The SMILES string of the molecule is CC(C)(C)C(=O)N(Cc1ccc(NC2CC2)nc1)c1ccc(F)cc1. The number of hydrogen-bond donors (Lipinski definition) is 1. The number of halogens is 1. The van der Waals surface area contributed by atoms with Gasteiger partial charge in [-0.25, -0.2) is 9.37 Å². The van der Waals surface area contributed by atoms with Crippen LogP contribution in [-0.2, 0) is 11.3 Å². The molecule has 1 fully saturated rings. The first kappa shape index (κ1) is 17.4. The van der Waals surface area contributed by atoms with Crippen LogP contribution in [0.4, 0.5) is 15.9 Å². The third-order valence-electron chi connectivity index (χ3n) is 4.12. The molecule has 132 valence electrons. The molecule has 4 nitrogen and oxygen atoms in total. The number of rotatable bonds is 5. The summed E-state index contributed by atoms with van der Waals surface area (Å²) in [7, 11) is 0. The van der Waals surface area contributed by atoms with Crippen molar-refractivity contribution >= 4 is 17.4 Å². The van der Waals surface area contributed by atoms with Crippen molar-refractivity contribution in [1.29, 1.82) is 0 Å². The summed E-state index contributed by atoms with van der Waals surface area (Å²) >= 11 is 0. The van der Waals surface area contributed by atoms with Crippen molar-refractivity contribution < 1.29 is 9.18 Å². The number of hydrogen-bond acceptors (Lipinski definition) is 3. The normalized spacial score (nSPS) is 14.2. The van der Waals surface area contributed by atoms with Gasteiger partial charge in [0.25, 0.3) is 0 Å². The van der Waals surface area contributed by atoms with Crippen LogP contribution in [0.2, 0.25) is 0 Å². The first-order valence-corrected chi connectivity index (χ1v) is 8.62. The Morgan fingerprint density at radius 3 is 2.40 bits per heavy atom. The Morgan fingerprint density at radius 1 is 1.20 bits per heavy atom. The molecule has 1 aliphatic carbocycles. The van der Waals surface area contributed by atoms with Crippen molar-refractivity contribution in [1.82, 2.24) is 4.98 Å². The van der Waals surface area contributed by atoms with Crippen LogP contribution >= 0.6 is 0 Å². The first-order valence-electron chi connectivity index (χ1n) is 8.62. The second-order valence-corrected chi connectivity index (χ2v) is 7.59. The standard InChI is InChI=1S/C20H24FN3O/c1-20(2,3)19(25)24(17-9-5-15(21)6-10-17)13-14-4-11-18(22-12-14)23-16-7-8-16/h4-6,9-12,16H,7-8,13H2,1-3H3,(H,22,23). The molecule has 1 saturated carbocycles. The highest BCUT2D eigenvalue weighted by molar-refractivity contribution is 5.96. The summed E-state index contributed by atoms with van der Waals surface area (Å²) in [5.41, 5.74) is 1.08. The Bertz CT molecular complexity index is 731. The lowest BCUT2D eigenvalue weighted by Crippen LogP contribution is -2.39. The Balaban J connectivity index is 1.81. The molecule has 1 aromatic carbocycles. The number of aromatic nitrogens is 1. The molecular formula is C20H24FN3O. The third kappa shape index (κ3) is 4.56. The summed E-state index contributed by atoms with van der Waals surface area (Å²) < 4.78 is 13.2. The maximum absolute atomic E-state index is 13.2. The predicted octanol–water partition coefficient (Wildman–Crippen LogP) is 4.37. The van der Waals surface area contributed by atoms with E-state index in [-0.39, 0.29) is 11.7 Å². The second kappa shape index (κ2) is 6.82. The number of carbonyl (C=O) groups is 1.